The molecule has 0 aliphatic carbocycles. The fourth-order valence-corrected chi connectivity index (χ4v) is 1.49. The van der Waals surface area contributed by atoms with Crippen LogP contribution in [0.25, 0.3) is 0 Å². The Balaban J connectivity index is 2.22. The number of nitrogens with one attached hydrogen (secondary N) is 1. The number of cyclic esters (lactones) is 1. The molecule has 1 aliphatic heterocycles. The number of methoxy groups -OCH3 is 1. The zero-order valence-corrected chi connectivity index (χ0v) is 8.78. The summed E-state index contributed by atoms with van der Waals surface area (Å²) in [5, 5.41) is 2.99. The van der Waals surface area contributed by atoms with Crippen LogP contribution in [-0.4, -0.2) is 57.5 Å². The summed E-state index contributed by atoms with van der Waals surface area (Å²) in [6.07, 6.45) is 0.647. The van der Waals surface area contributed by atoms with Crippen molar-refractivity contribution in [2.24, 2.45) is 0 Å². The van der Waals surface area contributed by atoms with E-state index in [2.05, 4.69) is 5.32 Å². The van der Waals surface area contributed by atoms with E-state index in [1.807, 2.05) is 7.05 Å². The quantitative estimate of drug-likeness (QED) is 0.619. The van der Waals surface area contributed by atoms with Crippen molar-refractivity contribution >= 4 is 6.09 Å². The minimum atomic E-state index is -0.207. The molecule has 14 heavy (non-hydrogen) atoms. The molecule has 0 aromatic carbocycles. The van der Waals surface area contributed by atoms with Crippen molar-refractivity contribution in [1.82, 2.24) is 10.2 Å². The van der Waals surface area contributed by atoms with Gasteiger partial charge in [0.15, 0.2) is 0 Å². The van der Waals surface area contributed by atoms with E-state index in [9.17, 15) is 4.79 Å². The van der Waals surface area contributed by atoms with Crippen LogP contribution in [0, 0.1) is 0 Å². The van der Waals surface area contributed by atoms with Gasteiger partial charge in [0, 0.05) is 26.8 Å². The van der Waals surface area contributed by atoms with Crippen molar-refractivity contribution in [3.63, 3.8) is 0 Å². The van der Waals surface area contributed by atoms with Crippen LogP contribution >= 0.6 is 0 Å². The highest BCUT2D eigenvalue weighted by atomic mass is 16.6. The van der Waals surface area contributed by atoms with E-state index in [4.69, 9.17) is 9.47 Å². The van der Waals surface area contributed by atoms with Crippen LogP contribution in [0.5, 0.6) is 0 Å². The fourth-order valence-electron chi connectivity index (χ4n) is 1.49. The molecular weight excluding hydrogens is 184 g/mol. The first-order chi connectivity index (χ1) is 6.77. The first-order valence-electron chi connectivity index (χ1n) is 4.87. The van der Waals surface area contributed by atoms with Gasteiger partial charge in [-0.2, -0.15) is 0 Å². The second-order valence-corrected chi connectivity index (χ2v) is 3.36. The molecular formula is C9H18N2O3. The smallest absolute Gasteiger partial charge is 0.410 e. The van der Waals surface area contributed by atoms with Crippen LogP contribution in [0.3, 0.4) is 0 Å². The average Bonchev–Trinajstić information content (AvgIpc) is 2.48. The third-order valence-electron chi connectivity index (χ3n) is 2.16. The summed E-state index contributed by atoms with van der Waals surface area (Å²) in [4.78, 5) is 13.0. The van der Waals surface area contributed by atoms with Gasteiger partial charge < -0.3 is 19.7 Å². The Bertz CT molecular complexity index is 187. The Kier molecular flexibility index (Phi) is 4.69. The Labute approximate surface area is 84.4 Å². The highest BCUT2D eigenvalue weighted by Crippen LogP contribution is 2.10. The molecule has 1 unspecified atom stereocenters. The van der Waals surface area contributed by atoms with Gasteiger partial charge >= 0.3 is 6.09 Å². The van der Waals surface area contributed by atoms with Gasteiger partial charge in [0.05, 0.1) is 6.54 Å². The van der Waals surface area contributed by atoms with E-state index in [-0.39, 0.29) is 12.2 Å². The Hall–Kier alpha value is -0.810. The molecule has 5 nitrogen and oxygen atoms in total. The lowest BCUT2D eigenvalue weighted by atomic mass is 10.3. The normalized spacial score (nSPS) is 21.4. The van der Waals surface area contributed by atoms with Gasteiger partial charge in [-0.15, -0.1) is 0 Å². The van der Waals surface area contributed by atoms with Gasteiger partial charge in [-0.25, -0.2) is 4.79 Å². The molecule has 0 saturated carbocycles. The third kappa shape index (κ3) is 3.16. The zero-order valence-electron chi connectivity index (χ0n) is 8.78. The lowest BCUT2D eigenvalue weighted by Crippen LogP contribution is -2.30. The Morgan fingerprint density at radius 3 is 3.14 bits per heavy atom. The molecule has 1 aliphatic rings. The predicted octanol–water partition coefficient (Wildman–Crippen LogP) is 0.0631. The first kappa shape index (κ1) is 11.3. The molecule has 1 amide bonds. The summed E-state index contributed by atoms with van der Waals surface area (Å²) in [5.41, 5.74) is 0. The molecule has 1 rings (SSSR count). The molecule has 5 heteroatoms. The molecule has 1 heterocycles. The van der Waals surface area contributed by atoms with Crippen LogP contribution in [0.15, 0.2) is 0 Å². The van der Waals surface area contributed by atoms with Crippen LogP contribution < -0.4 is 5.32 Å². The van der Waals surface area contributed by atoms with E-state index < -0.39 is 0 Å². The van der Waals surface area contributed by atoms with Crippen LogP contribution in [0.2, 0.25) is 0 Å². The maximum atomic E-state index is 11.3. The minimum Gasteiger partial charge on any atom is -0.443 e. The topological polar surface area (TPSA) is 50.8 Å². The van der Waals surface area contributed by atoms with Crippen molar-refractivity contribution in [3.05, 3.63) is 0 Å². The first-order valence-corrected chi connectivity index (χ1v) is 4.87. The van der Waals surface area contributed by atoms with E-state index in [1.165, 1.54) is 0 Å². The SMILES string of the molecule is CNCC1CN(CCCOC)C(=O)O1. The summed E-state index contributed by atoms with van der Waals surface area (Å²) in [7, 11) is 3.51. The summed E-state index contributed by atoms with van der Waals surface area (Å²) in [6, 6.07) is 0. The predicted molar refractivity (Wildman–Crippen MR) is 52.3 cm³/mol. The molecule has 1 saturated heterocycles. The van der Waals surface area contributed by atoms with Crippen molar-refractivity contribution < 1.29 is 14.3 Å². The molecule has 1 fully saturated rings. The molecule has 0 aromatic heterocycles. The average molecular weight is 202 g/mol. The highest BCUT2D eigenvalue weighted by Gasteiger charge is 2.29. The number of rotatable bonds is 6. The molecule has 0 aromatic rings. The summed E-state index contributed by atoms with van der Waals surface area (Å²) < 4.78 is 10.0. The number of nitrogens with zero attached hydrogens (tertiary/aromatic N) is 1. The lowest BCUT2D eigenvalue weighted by Gasteiger charge is -2.11. The van der Waals surface area contributed by atoms with Gasteiger partial charge in [0.1, 0.15) is 6.10 Å². The largest absolute Gasteiger partial charge is 0.443 e. The summed E-state index contributed by atoms with van der Waals surface area (Å²) in [5.74, 6) is 0. The number of carbonyl (C=O) groups excluding carboxylic acids is 1. The maximum absolute atomic E-state index is 11.3. The van der Waals surface area contributed by atoms with Gasteiger partial charge in [0.25, 0.3) is 0 Å². The van der Waals surface area contributed by atoms with Crippen molar-refractivity contribution in [2.45, 2.75) is 12.5 Å². The maximum Gasteiger partial charge on any atom is 0.410 e. The molecule has 1 N–H and O–H groups in total. The van der Waals surface area contributed by atoms with Crippen LogP contribution in [0.1, 0.15) is 6.42 Å². The van der Waals surface area contributed by atoms with Gasteiger partial charge in [-0.3, -0.25) is 0 Å². The highest BCUT2D eigenvalue weighted by molar-refractivity contribution is 5.69. The number of ether oxygens (including phenoxy) is 2. The van der Waals surface area contributed by atoms with E-state index >= 15 is 0 Å². The Morgan fingerprint density at radius 1 is 1.71 bits per heavy atom. The van der Waals surface area contributed by atoms with Gasteiger partial charge in [0.2, 0.25) is 0 Å². The van der Waals surface area contributed by atoms with E-state index in [0.717, 1.165) is 6.42 Å². The molecule has 82 valence electrons. The van der Waals surface area contributed by atoms with Crippen LogP contribution in [-0.2, 0) is 9.47 Å². The fraction of sp³-hybridized carbons (Fsp3) is 0.889. The van der Waals surface area contributed by atoms with Crippen molar-refractivity contribution in [2.75, 3.05) is 40.4 Å². The number of hydrogen-bond donors (Lipinski definition) is 1. The van der Waals surface area contributed by atoms with Gasteiger partial charge in [-0.1, -0.05) is 0 Å². The summed E-state index contributed by atoms with van der Waals surface area (Å²) in [6.45, 7) is 2.79. The lowest BCUT2D eigenvalue weighted by molar-refractivity contribution is 0.130. The Morgan fingerprint density at radius 2 is 2.50 bits per heavy atom. The second kappa shape index (κ2) is 5.82. The van der Waals surface area contributed by atoms with Crippen molar-refractivity contribution in [1.29, 1.82) is 0 Å². The minimum absolute atomic E-state index is 0.00459. The third-order valence-corrected chi connectivity index (χ3v) is 2.16. The molecule has 0 spiro atoms. The molecule has 1 atom stereocenters. The monoisotopic (exact) mass is 202 g/mol. The van der Waals surface area contributed by atoms with Gasteiger partial charge in [-0.05, 0) is 13.5 Å². The molecule has 0 bridgehead atoms. The summed E-state index contributed by atoms with van der Waals surface area (Å²) >= 11 is 0. The number of carbonyl (C=O) groups is 1. The number of amides is 1. The van der Waals surface area contributed by atoms with E-state index in [0.29, 0.717) is 26.2 Å². The second-order valence-electron chi connectivity index (χ2n) is 3.36. The zero-order chi connectivity index (χ0) is 10.4. The number of likely N-dealkylation sites (N-methyl/N-ethyl adjacent to an activating group) is 1. The van der Waals surface area contributed by atoms with Crippen molar-refractivity contribution in [3.8, 4) is 0 Å². The molecule has 0 radical (unpaired) electrons. The standard InChI is InChI=1S/C9H18N2O3/c1-10-6-8-7-11(9(12)14-8)4-3-5-13-2/h8,10H,3-7H2,1-2H3. The van der Waals surface area contributed by atoms with E-state index in [1.54, 1.807) is 12.0 Å². The van der Waals surface area contributed by atoms with Crippen LogP contribution in [0.4, 0.5) is 4.79 Å². The number of hydrogen-bond acceptors (Lipinski definition) is 4.